The highest BCUT2D eigenvalue weighted by molar-refractivity contribution is 9.09. The third-order valence-electron chi connectivity index (χ3n) is 7.44. The van der Waals surface area contributed by atoms with E-state index in [0.717, 1.165) is 11.8 Å². The van der Waals surface area contributed by atoms with E-state index in [1.165, 1.54) is 99.3 Å². The Morgan fingerprint density at radius 3 is 2.03 bits per heavy atom. The Morgan fingerprint density at radius 1 is 0.781 bits per heavy atom. The van der Waals surface area contributed by atoms with Gasteiger partial charge >= 0.3 is 0 Å². The Bertz CT molecular complexity index is 743. The predicted molar refractivity (Wildman–Crippen MR) is 143 cm³/mol. The molecule has 176 valence electrons. The molecule has 1 aliphatic carbocycles. The van der Waals surface area contributed by atoms with Crippen LogP contribution in [0.4, 0.5) is 0 Å². The molecular formula is C30H43BrO. The zero-order valence-corrected chi connectivity index (χ0v) is 21.7. The number of hydrogen-bond donors (Lipinski definition) is 1. The number of aliphatic hydroxyl groups is 1. The topological polar surface area (TPSA) is 20.2 Å². The lowest BCUT2D eigenvalue weighted by atomic mass is 9.76. The molecule has 1 unspecified atom stereocenters. The first-order valence-electron chi connectivity index (χ1n) is 13.1. The summed E-state index contributed by atoms with van der Waals surface area (Å²) in [6.07, 6.45) is 15.8. The van der Waals surface area contributed by atoms with E-state index in [2.05, 4.69) is 71.4 Å². The molecule has 1 aliphatic rings. The average molecular weight is 500 g/mol. The highest BCUT2D eigenvalue weighted by atomic mass is 79.9. The largest absolute Gasteiger partial charge is 0.393 e. The Morgan fingerprint density at radius 2 is 1.41 bits per heavy atom. The lowest BCUT2D eigenvalue weighted by Gasteiger charge is -2.32. The van der Waals surface area contributed by atoms with E-state index in [1.54, 1.807) is 0 Å². The van der Waals surface area contributed by atoms with Gasteiger partial charge in [-0.05, 0) is 85.5 Å². The van der Waals surface area contributed by atoms with E-state index in [1.807, 2.05) is 0 Å². The van der Waals surface area contributed by atoms with Crippen molar-refractivity contribution in [2.45, 2.75) is 102 Å². The van der Waals surface area contributed by atoms with E-state index in [9.17, 15) is 5.11 Å². The second-order valence-electron chi connectivity index (χ2n) is 9.85. The summed E-state index contributed by atoms with van der Waals surface area (Å²) in [6, 6.07) is 18.5. The average Bonchev–Trinajstić information content (AvgIpc) is 2.85. The molecule has 1 saturated carbocycles. The van der Waals surface area contributed by atoms with Crippen LogP contribution in [0.2, 0.25) is 0 Å². The molecule has 2 heteroatoms. The molecule has 1 nitrogen and oxygen atoms in total. The zero-order chi connectivity index (χ0) is 22.6. The fourth-order valence-corrected chi connectivity index (χ4v) is 5.66. The third kappa shape index (κ3) is 8.03. The molecule has 0 radical (unpaired) electrons. The highest BCUT2D eigenvalue weighted by Gasteiger charge is 2.26. The molecule has 0 spiro atoms. The molecule has 1 atom stereocenters. The lowest BCUT2D eigenvalue weighted by molar-refractivity contribution is 0.0713. The molecule has 0 amide bonds. The van der Waals surface area contributed by atoms with Crippen molar-refractivity contribution in [3.8, 4) is 11.1 Å². The molecule has 0 heterocycles. The number of benzene rings is 2. The van der Waals surface area contributed by atoms with Crippen LogP contribution in [0.15, 0.2) is 48.5 Å². The van der Waals surface area contributed by atoms with Crippen LogP contribution in [-0.2, 0) is 6.42 Å². The molecular weight excluding hydrogens is 456 g/mol. The van der Waals surface area contributed by atoms with Gasteiger partial charge in [-0.15, -0.1) is 0 Å². The predicted octanol–water partition coefficient (Wildman–Crippen LogP) is 9.07. The Labute approximate surface area is 205 Å². The number of aliphatic hydroxyl groups excluding tert-OH is 1. The highest BCUT2D eigenvalue weighted by Crippen LogP contribution is 2.38. The van der Waals surface area contributed by atoms with Gasteiger partial charge in [0.05, 0.1) is 6.10 Å². The minimum Gasteiger partial charge on any atom is -0.393 e. The fraction of sp³-hybridized carbons (Fsp3) is 0.600. The maximum atomic E-state index is 10.5. The van der Waals surface area contributed by atoms with Crippen LogP contribution in [0.3, 0.4) is 0 Å². The maximum absolute atomic E-state index is 10.5. The van der Waals surface area contributed by atoms with Crippen molar-refractivity contribution in [3.63, 3.8) is 0 Å². The van der Waals surface area contributed by atoms with E-state index < -0.39 is 0 Å². The van der Waals surface area contributed by atoms with Crippen molar-refractivity contribution < 1.29 is 5.11 Å². The summed E-state index contributed by atoms with van der Waals surface area (Å²) in [7, 11) is 0. The molecule has 3 rings (SSSR count). The number of halogens is 1. The van der Waals surface area contributed by atoms with Crippen LogP contribution in [0.25, 0.3) is 11.1 Å². The van der Waals surface area contributed by atoms with Gasteiger partial charge < -0.3 is 5.11 Å². The summed E-state index contributed by atoms with van der Waals surface area (Å²) < 4.78 is 0. The number of hydrogen-bond acceptors (Lipinski definition) is 1. The summed E-state index contributed by atoms with van der Waals surface area (Å²) in [6.45, 7) is 2.23. The van der Waals surface area contributed by atoms with Crippen molar-refractivity contribution in [2.24, 2.45) is 5.92 Å². The van der Waals surface area contributed by atoms with Crippen molar-refractivity contribution in [3.05, 3.63) is 59.7 Å². The lowest BCUT2D eigenvalue weighted by Crippen LogP contribution is -2.25. The quantitative estimate of drug-likeness (QED) is 0.215. The summed E-state index contributed by atoms with van der Waals surface area (Å²) in [5.74, 6) is 1.18. The molecule has 1 N–H and O–H groups in total. The number of rotatable bonds is 13. The standard InChI is InChI=1S/C30H43BrO/c1-2-3-6-10-30(32)29-21-19-28(20-22-29)27-17-15-26(16-18-27)25-13-11-24(12-14-25)9-7-4-5-8-23-31/h11-18,28-30,32H,2-10,19-23H2,1H3. The summed E-state index contributed by atoms with van der Waals surface area (Å²) in [5, 5.41) is 11.6. The van der Waals surface area contributed by atoms with Gasteiger partial charge in [-0.3, -0.25) is 0 Å². The van der Waals surface area contributed by atoms with Crippen LogP contribution < -0.4 is 0 Å². The molecule has 32 heavy (non-hydrogen) atoms. The molecule has 0 bridgehead atoms. The van der Waals surface area contributed by atoms with Gasteiger partial charge in [-0.25, -0.2) is 0 Å². The zero-order valence-electron chi connectivity index (χ0n) is 20.1. The summed E-state index contributed by atoms with van der Waals surface area (Å²) >= 11 is 3.51. The molecule has 1 fully saturated rings. The first kappa shape index (κ1) is 25.5. The summed E-state index contributed by atoms with van der Waals surface area (Å²) in [5.41, 5.74) is 5.57. The van der Waals surface area contributed by atoms with Crippen LogP contribution in [0, 0.1) is 5.92 Å². The van der Waals surface area contributed by atoms with Gasteiger partial charge in [0.25, 0.3) is 0 Å². The van der Waals surface area contributed by atoms with Crippen LogP contribution in [0.1, 0.15) is 101 Å². The van der Waals surface area contributed by atoms with Gasteiger partial charge in [-0.2, -0.15) is 0 Å². The Hall–Kier alpha value is -1.12. The van der Waals surface area contributed by atoms with E-state index in [0.29, 0.717) is 11.8 Å². The third-order valence-corrected chi connectivity index (χ3v) is 8.00. The smallest absolute Gasteiger partial charge is 0.0568 e. The number of alkyl halides is 1. The normalized spacial score (nSPS) is 19.7. The second-order valence-corrected chi connectivity index (χ2v) is 10.6. The van der Waals surface area contributed by atoms with Crippen LogP contribution >= 0.6 is 15.9 Å². The second kappa shape index (κ2) is 14.2. The Kier molecular flexibility index (Phi) is 11.3. The van der Waals surface area contributed by atoms with Crippen molar-refractivity contribution in [1.82, 2.24) is 0 Å². The van der Waals surface area contributed by atoms with Gasteiger partial charge in [0.1, 0.15) is 0 Å². The molecule has 0 aromatic heterocycles. The minimum atomic E-state index is -0.0813. The number of aryl methyl sites for hydroxylation is 1. The Balaban J connectivity index is 1.46. The molecule has 2 aromatic rings. The van der Waals surface area contributed by atoms with E-state index >= 15 is 0 Å². The van der Waals surface area contributed by atoms with Gasteiger partial charge in [0.2, 0.25) is 0 Å². The maximum Gasteiger partial charge on any atom is 0.0568 e. The first-order valence-corrected chi connectivity index (χ1v) is 14.3. The van der Waals surface area contributed by atoms with Gasteiger partial charge in [-0.1, -0.05) is 103 Å². The van der Waals surface area contributed by atoms with Crippen molar-refractivity contribution in [1.29, 1.82) is 0 Å². The van der Waals surface area contributed by atoms with Crippen molar-refractivity contribution >= 4 is 15.9 Å². The minimum absolute atomic E-state index is 0.0813. The van der Waals surface area contributed by atoms with Crippen LogP contribution in [-0.4, -0.2) is 16.5 Å². The SMILES string of the molecule is CCCCCC(O)C1CCC(c2ccc(-c3ccc(CCCCCCBr)cc3)cc2)CC1. The van der Waals surface area contributed by atoms with Gasteiger partial charge in [0, 0.05) is 5.33 Å². The summed E-state index contributed by atoms with van der Waals surface area (Å²) in [4.78, 5) is 0. The van der Waals surface area contributed by atoms with Gasteiger partial charge in [0.15, 0.2) is 0 Å². The molecule has 0 saturated heterocycles. The fourth-order valence-electron chi connectivity index (χ4n) is 5.27. The first-order chi connectivity index (χ1) is 15.7. The van der Waals surface area contributed by atoms with Crippen molar-refractivity contribution in [2.75, 3.05) is 5.33 Å². The number of unbranched alkanes of at least 4 members (excludes halogenated alkanes) is 5. The van der Waals surface area contributed by atoms with E-state index in [-0.39, 0.29) is 6.10 Å². The van der Waals surface area contributed by atoms with E-state index in [4.69, 9.17) is 0 Å². The molecule has 2 aromatic carbocycles. The monoisotopic (exact) mass is 498 g/mol. The van der Waals surface area contributed by atoms with Crippen LogP contribution in [0.5, 0.6) is 0 Å². The molecule has 0 aliphatic heterocycles.